The van der Waals surface area contributed by atoms with Gasteiger partial charge in [0.2, 0.25) is 0 Å². The highest BCUT2D eigenvalue weighted by Gasteiger charge is 2.03. The minimum absolute atomic E-state index is 0.0194. The molecule has 2 N–H and O–H groups in total. The van der Waals surface area contributed by atoms with Crippen molar-refractivity contribution in [1.82, 2.24) is 0 Å². The van der Waals surface area contributed by atoms with Crippen molar-refractivity contribution in [2.45, 2.75) is 26.8 Å². The summed E-state index contributed by atoms with van der Waals surface area (Å²) in [7, 11) is -0.815. The number of rotatable bonds is 7. The van der Waals surface area contributed by atoms with Gasteiger partial charge in [0.05, 0.1) is 6.61 Å². The van der Waals surface area contributed by atoms with E-state index in [0.29, 0.717) is 24.0 Å². The first kappa shape index (κ1) is 13.1. The first-order chi connectivity index (χ1) is 6.02. The quantitative estimate of drug-likeness (QED) is 0.627. The van der Waals surface area contributed by atoms with Crippen LogP contribution in [0.2, 0.25) is 0 Å². The van der Waals surface area contributed by atoms with E-state index in [0.717, 1.165) is 6.61 Å². The van der Waals surface area contributed by atoms with Crippen molar-refractivity contribution in [3.05, 3.63) is 0 Å². The Hall–Kier alpha value is 0.0700. The van der Waals surface area contributed by atoms with Crippen molar-refractivity contribution in [2.75, 3.05) is 24.7 Å². The van der Waals surface area contributed by atoms with Gasteiger partial charge in [0.15, 0.2) is 0 Å². The minimum atomic E-state index is -0.815. The van der Waals surface area contributed by atoms with Crippen LogP contribution in [0.25, 0.3) is 0 Å². The molecule has 0 aliphatic carbocycles. The van der Waals surface area contributed by atoms with Crippen LogP contribution < -0.4 is 5.73 Å². The fourth-order valence-electron chi connectivity index (χ4n) is 0.847. The van der Waals surface area contributed by atoms with Gasteiger partial charge in [-0.15, -0.1) is 0 Å². The number of ether oxygens (including phenoxy) is 1. The summed E-state index contributed by atoms with van der Waals surface area (Å²) in [4.78, 5) is 0. The molecule has 0 rings (SSSR count). The zero-order valence-corrected chi connectivity index (χ0v) is 9.60. The van der Waals surface area contributed by atoms with E-state index in [1.807, 2.05) is 6.92 Å². The Morgan fingerprint density at radius 1 is 1.38 bits per heavy atom. The Kier molecular flexibility index (Phi) is 7.51. The molecule has 0 aliphatic heterocycles. The van der Waals surface area contributed by atoms with E-state index in [-0.39, 0.29) is 6.04 Å². The fraction of sp³-hybridized carbons (Fsp3) is 1.00. The predicted molar refractivity (Wildman–Crippen MR) is 57.2 cm³/mol. The van der Waals surface area contributed by atoms with Crippen LogP contribution in [0.1, 0.15) is 20.8 Å². The maximum absolute atomic E-state index is 11.2. The summed E-state index contributed by atoms with van der Waals surface area (Å²) in [6.45, 7) is 7.39. The topological polar surface area (TPSA) is 52.3 Å². The molecule has 3 nitrogen and oxygen atoms in total. The normalized spacial score (nSPS) is 16.1. The molecule has 0 bridgehead atoms. The zero-order chi connectivity index (χ0) is 10.3. The molecule has 0 heterocycles. The van der Waals surface area contributed by atoms with Crippen LogP contribution in [0.3, 0.4) is 0 Å². The molecule has 0 aromatic rings. The van der Waals surface area contributed by atoms with Crippen molar-refractivity contribution < 1.29 is 8.95 Å². The van der Waals surface area contributed by atoms with E-state index >= 15 is 0 Å². The maximum atomic E-state index is 11.2. The van der Waals surface area contributed by atoms with Crippen LogP contribution in [0.15, 0.2) is 0 Å². The summed E-state index contributed by atoms with van der Waals surface area (Å²) in [6, 6.07) is 0.0194. The van der Waals surface area contributed by atoms with Crippen molar-refractivity contribution in [3.8, 4) is 0 Å². The third-order valence-corrected chi connectivity index (χ3v) is 2.87. The van der Waals surface area contributed by atoms with Gasteiger partial charge < -0.3 is 10.5 Å². The molecule has 0 saturated carbocycles. The molecule has 4 heteroatoms. The van der Waals surface area contributed by atoms with Gasteiger partial charge in [-0.25, -0.2) is 0 Å². The van der Waals surface area contributed by atoms with Gasteiger partial charge in [0.1, 0.15) is 0 Å². The lowest BCUT2D eigenvalue weighted by molar-refractivity contribution is 0.123. The second-order valence-corrected chi connectivity index (χ2v) is 5.38. The van der Waals surface area contributed by atoms with Crippen LogP contribution >= 0.6 is 0 Å². The van der Waals surface area contributed by atoms with Crippen LogP contribution in [0, 0.1) is 5.92 Å². The second-order valence-electron chi connectivity index (χ2n) is 3.76. The van der Waals surface area contributed by atoms with E-state index < -0.39 is 10.8 Å². The summed E-state index contributed by atoms with van der Waals surface area (Å²) in [5.74, 6) is 1.72. The van der Waals surface area contributed by atoms with Gasteiger partial charge in [-0.1, -0.05) is 13.8 Å². The Balaban J connectivity index is 3.27. The third kappa shape index (κ3) is 9.99. The molecular weight excluding hydrogens is 186 g/mol. The molecule has 0 aliphatic rings. The number of hydrogen-bond acceptors (Lipinski definition) is 3. The lowest BCUT2D eigenvalue weighted by Gasteiger charge is -2.07. The fourth-order valence-corrected chi connectivity index (χ4v) is 1.90. The molecule has 0 aromatic carbocycles. The third-order valence-electron chi connectivity index (χ3n) is 1.36. The molecular formula is C9H21NO2S. The monoisotopic (exact) mass is 207 g/mol. The Labute approximate surface area is 83.5 Å². The first-order valence-corrected chi connectivity index (χ1v) is 6.19. The van der Waals surface area contributed by atoms with E-state index in [1.165, 1.54) is 0 Å². The highest BCUT2D eigenvalue weighted by atomic mass is 32.2. The molecule has 0 fully saturated rings. The average molecular weight is 207 g/mol. The molecule has 0 amide bonds. The minimum Gasteiger partial charge on any atom is -0.380 e. The van der Waals surface area contributed by atoms with Crippen LogP contribution in [-0.4, -0.2) is 35.0 Å². The lowest BCUT2D eigenvalue weighted by Crippen LogP contribution is -2.25. The predicted octanol–water partition coefficient (Wildman–Crippen LogP) is 0.755. The van der Waals surface area contributed by atoms with E-state index in [9.17, 15) is 4.21 Å². The molecule has 80 valence electrons. The van der Waals surface area contributed by atoms with Crippen LogP contribution in [-0.2, 0) is 15.5 Å². The molecule has 0 spiro atoms. The van der Waals surface area contributed by atoms with Gasteiger partial charge in [-0.2, -0.15) is 0 Å². The van der Waals surface area contributed by atoms with Crippen molar-refractivity contribution in [3.63, 3.8) is 0 Å². The highest BCUT2D eigenvalue weighted by molar-refractivity contribution is 7.85. The standard InChI is InChI=1S/C9H21NO2S/c1-8(2)6-12-4-5-13(11)7-9(3)10/h8-9H,4-7,10H2,1-3H3. The van der Waals surface area contributed by atoms with Gasteiger partial charge in [0, 0.05) is 35.0 Å². The maximum Gasteiger partial charge on any atom is 0.0581 e. The van der Waals surface area contributed by atoms with Crippen molar-refractivity contribution in [1.29, 1.82) is 0 Å². The van der Waals surface area contributed by atoms with E-state index in [4.69, 9.17) is 10.5 Å². The lowest BCUT2D eigenvalue weighted by atomic mass is 10.2. The van der Waals surface area contributed by atoms with Gasteiger partial charge in [-0.05, 0) is 12.8 Å². The second kappa shape index (κ2) is 7.47. The largest absolute Gasteiger partial charge is 0.380 e. The van der Waals surface area contributed by atoms with E-state index in [2.05, 4.69) is 13.8 Å². The highest BCUT2D eigenvalue weighted by Crippen LogP contribution is 1.93. The van der Waals surface area contributed by atoms with Gasteiger partial charge in [0.25, 0.3) is 0 Å². The number of hydrogen-bond donors (Lipinski definition) is 1. The van der Waals surface area contributed by atoms with Crippen LogP contribution in [0.5, 0.6) is 0 Å². The first-order valence-electron chi connectivity index (χ1n) is 4.70. The van der Waals surface area contributed by atoms with Crippen LogP contribution in [0.4, 0.5) is 0 Å². The SMILES string of the molecule is CC(C)COCCS(=O)CC(C)N. The molecule has 0 aromatic heterocycles. The molecule has 2 atom stereocenters. The van der Waals surface area contributed by atoms with Gasteiger partial charge in [-0.3, -0.25) is 4.21 Å². The molecule has 0 radical (unpaired) electrons. The Bertz CT molecular complexity index is 149. The number of nitrogens with two attached hydrogens (primary N) is 1. The summed E-state index contributed by atoms with van der Waals surface area (Å²) >= 11 is 0. The van der Waals surface area contributed by atoms with Crippen molar-refractivity contribution in [2.24, 2.45) is 11.7 Å². The van der Waals surface area contributed by atoms with Gasteiger partial charge >= 0.3 is 0 Å². The smallest absolute Gasteiger partial charge is 0.0581 e. The summed E-state index contributed by atoms with van der Waals surface area (Å²) in [6.07, 6.45) is 0. The average Bonchev–Trinajstić information content (AvgIpc) is 1.96. The molecule has 2 unspecified atom stereocenters. The Morgan fingerprint density at radius 2 is 2.00 bits per heavy atom. The van der Waals surface area contributed by atoms with Crippen molar-refractivity contribution >= 4 is 10.8 Å². The summed E-state index contributed by atoms with van der Waals surface area (Å²) < 4.78 is 16.6. The summed E-state index contributed by atoms with van der Waals surface area (Å²) in [5, 5.41) is 0. The zero-order valence-electron chi connectivity index (χ0n) is 8.79. The molecule has 13 heavy (non-hydrogen) atoms. The molecule has 0 saturated heterocycles. The summed E-state index contributed by atoms with van der Waals surface area (Å²) in [5.41, 5.74) is 5.51. The Morgan fingerprint density at radius 3 is 2.46 bits per heavy atom. The van der Waals surface area contributed by atoms with E-state index in [1.54, 1.807) is 0 Å².